The lowest BCUT2D eigenvalue weighted by molar-refractivity contribution is -0.346. The molecular formula is C19H17F3O2. The summed E-state index contributed by atoms with van der Waals surface area (Å²) >= 11 is 0. The fourth-order valence-corrected chi connectivity index (χ4v) is 3.37. The van der Waals surface area contributed by atoms with Crippen molar-refractivity contribution in [3.05, 3.63) is 59.4 Å². The Hall–Kier alpha value is -1.85. The predicted molar refractivity (Wildman–Crippen MR) is 82.7 cm³/mol. The van der Waals surface area contributed by atoms with Gasteiger partial charge < -0.3 is 9.47 Å². The van der Waals surface area contributed by atoms with Crippen molar-refractivity contribution in [2.45, 2.75) is 25.6 Å². The van der Waals surface area contributed by atoms with E-state index in [0.717, 1.165) is 30.5 Å². The minimum Gasteiger partial charge on any atom is -0.345 e. The summed E-state index contributed by atoms with van der Waals surface area (Å²) in [5.41, 5.74) is 1.86. The van der Waals surface area contributed by atoms with Crippen molar-refractivity contribution in [1.29, 1.82) is 0 Å². The largest absolute Gasteiger partial charge is 0.345 e. The summed E-state index contributed by atoms with van der Waals surface area (Å²) in [6, 6.07) is 9.14. The van der Waals surface area contributed by atoms with Crippen molar-refractivity contribution >= 4 is 0 Å². The molecule has 126 valence electrons. The Morgan fingerprint density at radius 1 is 0.833 bits per heavy atom. The van der Waals surface area contributed by atoms with Crippen LogP contribution >= 0.6 is 0 Å². The summed E-state index contributed by atoms with van der Waals surface area (Å²) in [6.45, 7) is 3.46. The van der Waals surface area contributed by atoms with E-state index in [4.69, 9.17) is 9.47 Å². The molecule has 0 aromatic heterocycles. The molecule has 5 heteroatoms. The van der Waals surface area contributed by atoms with Crippen molar-refractivity contribution in [3.63, 3.8) is 0 Å². The fraction of sp³-hybridized carbons (Fsp3) is 0.368. The van der Waals surface area contributed by atoms with Gasteiger partial charge >= 0.3 is 0 Å². The van der Waals surface area contributed by atoms with E-state index in [1.54, 1.807) is 12.1 Å². The smallest absolute Gasteiger partial charge is 0.194 e. The zero-order chi connectivity index (χ0) is 16.9. The summed E-state index contributed by atoms with van der Waals surface area (Å²) in [5, 5.41) is 0. The minimum absolute atomic E-state index is 0.0882. The van der Waals surface area contributed by atoms with E-state index < -0.39 is 23.2 Å². The Morgan fingerprint density at radius 2 is 1.42 bits per heavy atom. The molecule has 0 radical (unpaired) electrons. The molecule has 2 nitrogen and oxygen atoms in total. The number of ether oxygens (including phenoxy) is 2. The molecule has 0 saturated carbocycles. The second kappa shape index (κ2) is 5.33. The molecule has 24 heavy (non-hydrogen) atoms. The maximum absolute atomic E-state index is 13.4. The van der Waals surface area contributed by atoms with Gasteiger partial charge in [0.25, 0.3) is 0 Å². The SMILES string of the molecule is CC12CCC(c3ccc(-c4cc(F)c(F)c(F)c4)cc3)(OC1)OC2. The van der Waals surface area contributed by atoms with Crippen LogP contribution in [0.2, 0.25) is 0 Å². The number of rotatable bonds is 2. The van der Waals surface area contributed by atoms with Gasteiger partial charge in [0.1, 0.15) is 0 Å². The standard InChI is InChI=1S/C19H17F3O2/c1-18-6-7-19(23-10-18,24-11-18)14-4-2-12(3-5-14)13-8-15(20)17(22)16(21)9-13/h2-5,8-9H,6-7,10-11H2,1H3. The van der Waals surface area contributed by atoms with Gasteiger partial charge in [-0.1, -0.05) is 31.2 Å². The number of hydrogen-bond acceptors (Lipinski definition) is 2. The zero-order valence-electron chi connectivity index (χ0n) is 13.2. The number of benzene rings is 2. The van der Waals surface area contributed by atoms with Crippen LogP contribution in [-0.4, -0.2) is 13.2 Å². The lowest BCUT2D eigenvalue weighted by atomic mass is 9.78. The van der Waals surface area contributed by atoms with Gasteiger partial charge in [0.2, 0.25) is 0 Å². The van der Waals surface area contributed by atoms with Crippen LogP contribution in [-0.2, 0) is 15.3 Å². The van der Waals surface area contributed by atoms with Crippen LogP contribution in [0.1, 0.15) is 25.3 Å². The molecule has 3 aliphatic rings. The Morgan fingerprint density at radius 3 is 1.92 bits per heavy atom. The molecule has 0 atom stereocenters. The van der Waals surface area contributed by atoms with Gasteiger partial charge in [-0.05, 0) is 29.7 Å². The quantitative estimate of drug-likeness (QED) is 0.737. The van der Waals surface area contributed by atoms with Gasteiger partial charge in [-0.2, -0.15) is 0 Å². The Bertz CT molecular complexity index is 738. The van der Waals surface area contributed by atoms with E-state index in [0.29, 0.717) is 18.8 Å². The van der Waals surface area contributed by atoms with Gasteiger partial charge in [-0.15, -0.1) is 0 Å². The number of hydrogen-bond donors (Lipinski definition) is 0. The minimum atomic E-state index is -1.46. The average molecular weight is 334 g/mol. The van der Waals surface area contributed by atoms with Crippen molar-refractivity contribution in [2.24, 2.45) is 5.41 Å². The predicted octanol–water partition coefficient (Wildman–Crippen LogP) is 4.77. The van der Waals surface area contributed by atoms with Crippen LogP contribution in [0.25, 0.3) is 11.1 Å². The highest BCUT2D eigenvalue weighted by atomic mass is 19.2. The molecule has 3 aliphatic heterocycles. The second-order valence-electron chi connectivity index (χ2n) is 6.97. The van der Waals surface area contributed by atoms with Crippen molar-refractivity contribution in [3.8, 4) is 11.1 Å². The second-order valence-corrected chi connectivity index (χ2v) is 6.97. The van der Waals surface area contributed by atoms with Crippen LogP contribution in [0, 0.1) is 22.9 Å². The van der Waals surface area contributed by atoms with E-state index in [1.807, 2.05) is 12.1 Å². The summed E-state index contributed by atoms with van der Waals surface area (Å²) in [4.78, 5) is 0. The van der Waals surface area contributed by atoms with Crippen LogP contribution in [0.15, 0.2) is 36.4 Å². The highest BCUT2D eigenvalue weighted by molar-refractivity contribution is 5.64. The van der Waals surface area contributed by atoms with E-state index in [1.165, 1.54) is 0 Å². The molecule has 0 aliphatic carbocycles. The van der Waals surface area contributed by atoms with Crippen LogP contribution in [0.5, 0.6) is 0 Å². The van der Waals surface area contributed by atoms with Gasteiger partial charge in [0.15, 0.2) is 23.2 Å². The fourth-order valence-electron chi connectivity index (χ4n) is 3.37. The first-order chi connectivity index (χ1) is 11.4. The number of halogens is 3. The Kier molecular flexibility index (Phi) is 3.48. The van der Waals surface area contributed by atoms with Gasteiger partial charge in [-0.3, -0.25) is 0 Å². The van der Waals surface area contributed by atoms with E-state index in [-0.39, 0.29) is 11.0 Å². The molecule has 0 unspecified atom stereocenters. The Balaban J connectivity index is 1.64. The molecule has 0 spiro atoms. The molecule has 2 bridgehead atoms. The maximum Gasteiger partial charge on any atom is 0.194 e. The molecule has 3 fully saturated rings. The first kappa shape index (κ1) is 15.7. The third-order valence-electron chi connectivity index (χ3n) is 5.01. The average Bonchev–Trinajstić information content (AvgIpc) is 2.60. The first-order valence-corrected chi connectivity index (χ1v) is 7.94. The molecule has 0 amide bonds. The molecule has 3 saturated heterocycles. The zero-order valence-corrected chi connectivity index (χ0v) is 13.2. The van der Waals surface area contributed by atoms with Gasteiger partial charge in [0, 0.05) is 17.4 Å². The Labute approximate surface area is 138 Å². The third-order valence-corrected chi connectivity index (χ3v) is 5.01. The summed E-state index contributed by atoms with van der Waals surface area (Å²) < 4.78 is 51.8. The van der Waals surface area contributed by atoms with Crippen molar-refractivity contribution in [1.82, 2.24) is 0 Å². The van der Waals surface area contributed by atoms with Crippen LogP contribution < -0.4 is 0 Å². The van der Waals surface area contributed by atoms with Crippen molar-refractivity contribution in [2.75, 3.05) is 13.2 Å². The van der Waals surface area contributed by atoms with Crippen LogP contribution in [0.4, 0.5) is 13.2 Å². The monoisotopic (exact) mass is 334 g/mol. The topological polar surface area (TPSA) is 18.5 Å². The van der Waals surface area contributed by atoms with Gasteiger partial charge in [-0.25, -0.2) is 13.2 Å². The van der Waals surface area contributed by atoms with Gasteiger partial charge in [0.05, 0.1) is 13.2 Å². The van der Waals surface area contributed by atoms with Crippen LogP contribution in [0.3, 0.4) is 0 Å². The molecular weight excluding hydrogens is 317 g/mol. The third kappa shape index (κ3) is 2.43. The summed E-state index contributed by atoms with van der Waals surface area (Å²) in [5.74, 6) is -4.57. The summed E-state index contributed by atoms with van der Waals surface area (Å²) in [7, 11) is 0. The van der Waals surface area contributed by atoms with Crippen molar-refractivity contribution < 1.29 is 22.6 Å². The van der Waals surface area contributed by atoms with E-state index in [9.17, 15) is 13.2 Å². The first-order valence-electron chi connectivity index (χ1n) is 7.94. The molecule has 3 heterocycles. The molecule has 2 aromatic carbocycles. The lowest BCUT2D eigenvalue weighted by Gasteiger charge is -2.51. The molecule has 5 rings (SSSR count). The van der Waals surface area contributed by atoms with E-state index in [2.05, 4.69) is 6.92 Å². The molecule has 0 N–H and O–H groups in total. The lowest BCUT2D eigenvalue weighted by Crippen LogP contribution is -2.52. The highest BCUT2D eigenvalue weighted by Gasteiger charge is 2.49. The molecule has 2 aromatic rings. The highest BCUT2D eigenvalue weighted by Crippen LogP contribution is 2.48. The maximum atomic E-state index is 13.4. The number of fused-ring (bicyclic) bond motifs is 3. The summed E-state index contributed by atoms with van der Waals surface area (Å²) in [6.07, 6.45) is 1.81. The normalized spacial score (nSPS) is 29.0. The van der Waals surface area contributed by atoms with E-state index >= 15 is 0 Å².